The number of nitriles is 1. The Morgan fingerprint density at radius 3 is 2.67 bits per heavy atom. The van der Waals surface area contributed by atoms with Crippen LogP contribution in [0.5, 0.6) is 0 Å². The average molecular weight is 464 g/mol. The van der Waals surface area contributed by atoms with Crippen LogP contribution in [-0.2, 0) is 15.7 Å². The van der Waals surface area contributed by atoms with E-state index in [2.05, 4.69) is 19.9 Å². The summed E-state index contributed by atoms with van der Waals surface area (Å²) in [6.07, 6.45) is -5.41. The molecule has 2 fully saturated rings. The van der Waals surface area contributed by atoms with Gasteiger partial charge < -0.3 is 20.1 Å². The Balaban J connectivity index is 1.89. The zero-order valence-electron chi connectivity index (χ0n) is 17.4. The number of ether oxygens (including phenoxy) is 2. The van der Waals surface area contributed by atoms with E-state index in [9.17, 15) is 23.2 Å². The van der Waals surface area contributed by atoms with Crippen LogP contribution in [0.25, 0.3) is 11.3 Å². The molecule has 0 spiro atoms. The molecule has 2 saturated heterocycles. The number of nitrogen functional groups attached to an aromatic ring is 1. The van der Waals surface area contributed by atoms with Crippen LogP contribution < -0.4 is 15.5 Å². The molecule has 11 nitrogen and oxygen atoms in total. The van der Waals surface area contributed by atoms with Gasteiger partial charge in [0.1, 0.15) is 11.9 Å². The average Bonchev–Trinajstić information content (AvgIpc) is 3.06. The van der Waals surface area contributed by atoms with Gasteiger partial charge in [0.2, 0.25) is 11.9 Å². The lowest BCUT2D eigenvalue weighted by molar-refractivity contribution is -0.140. The number of morpholine rings is 1. The molecule has 0 unspecified atom stereocenters. The van der Waals surface area contributed by atoms with Crippen molar-refractivity contribution in [1.29, 1.82) is 5.26 Å². The number of alkyl halides is 3. The van der Waals surface area contributed by atoms with Crippen LogP contribution in [0.3, 0.4) is 0 Å². The first-order valence-corrected chi connectivity index (χ1v) is 9.97. The van der Waals surface area contributed by atoms with Crippen LogP contribution in [0.4, 0.5) is 35.7 Å². The number of aromatic nitrogens is 4. The van der Waals surface area contributed by atoms with E-state index in [-0.39, 0.29) is 23.9 Å². The van der Waals surface area contributed by atoms with Crippen molar-refractivity contribution < 1.29 is 27.4 Å². The first-order chi connectivity index (χ1) is 15.7. The minimum atomic E-state index is -4.83. The molecule has 0 aromatic carbocycles. The molecule has 14 heteroatoms. The van der Waals surface area contributed by atoms with E-state index in [1.165, 1.54) is 6.07 Å². The van der Waals surface area contributed by atoms with E-state index in [1.54, 1.807) is 11.8 Å². The molecule has 2 aliphatic heterocycles. The Bertz CT molecular complexity index is 1100. The van der Waals surface area contributed by atoms with Crippen molar-refractivity contribution in [3.63, 3.8) is 0 Å². The molecule has 174 valence electrons. The molecular weight excluding hydrogens is 445 g/mol. The summed E-state index contributed by atoms with van der Waals surface area (Å²) in [5, 5.41) is 9.18. The number of anilines is 3. The van der Waals surface area contributed by atoms with Gasteiger partial charge in [-0.2, -0.15) is 23.4 Å². The van der Waals surface area contributed by atoms with Crippen molar-refractivity contribution in [3.8, 4) is 17.3 Å². The van der Waals surface area contributed by atoms with Gasteiger partial charge in [-0.05, 0) is 6.92 Å². The fourth-order valence-corrected chi connectivity index (χ4v) is 3.64. The van der Waals surface area contributed by atoms with E-state index in [0.29, 0.717) is 26.3 Å². The van der Waals surface area contributed by atoms with Gasteiger partial charge in [-0.25, -0.2) is 24.6 Å². The first kappa shape index (κ1) is 22.5. The third-order valence-corrected chi connectivity index (χ3v) is 5.26. The SMILES string of the molecule is C[C@H]1OC(=O)N(c2nc(-c3cnc(N)nc3C(F)(F)F)cc(N3CCOCC3)n2)[C@H]1CC#N. The summed E-state index contributed by atoms with van der Waals surface area (Å²) in [4.78, 5) is 31.1. The third kappa shape index (κ3) is 4.44. The number of carbonyl (C=O) groups excluding carboxylic acids is 1. The maximum absolute atomic E-state index is 13.7. The number of cyclic esters (lactones) is 1. The highest BCUT2D eigenvalue weighted by Crippen LogP contribution is 2.37. The number of nitrogens with two attached hydrogens (primary N) is 1. The molecule has 0 bridgehead atoms. The molecule has 2 atom stereocenters. The van der Waals surface area contributed by atoms with Crippen LogP contribution in [-0.4, -0.2) is 64.5 Å². The molecule has 1 amide bonds. The quantitative estimate of drug-likeness (QED) is 0.713. The molecule has 0 saturated carbocycles. The van der Waals surface area contributed by atoms with Crippen LogP contribution >= 0.6 is 0 Å². The minimum absolute atomic E-state index is 0.0772. The molecule has 33 heavy (non-hydrogen) atoms. The summed E-state index contributed by atoms with van der Waals surface area (Å²) in [6, 6.07) is 2.64. The number of rotatable bonds is 4. The molecule has 4 rings (SSSR count). The van der Waals surface area contributed by atoms with Gasteiger partial charge in [0.15, 0.2) is 5.69 Å². The standard InChI is InChI=1S/C19H19F3N8O3/c1-10-13(2-3-23)30(18(31)33-10)17-26-12(8-14(27-17)29-4-6-32-7-5-29)11-9-25-16(24)28-15(11)19(20,21)22/h8-10,13H,2,4-7H2,1H3,(H2,24,25,28)/t10-,13+/m1/s1. The number of hydrogen-bond acceptors (Lipinski definition) is 10. The van der Waals surface area contributed by atoms with Crippen molar-refractivity contribution >= 4 is 23.8 Å². The van der Waals surface area contributed by atoms with Gasteiger partial charge in [-0.15, -0.1) is 0 Å². The zero-order chi connectivity index (χ0) is 23.8. The van der Waals surface area contributed by atoms with Crippen molar-refractivity contribution in [1.82, 2.24) is 19.9 Å². The maximum Gasteiger partial charge on any atom is 0.434 e. The van der Waals surface area contributed by atoms with Crippen molar-refractivity contribution in [2.75, 3.05) is 41.8 Å². The van der Waals surface area contributed by atoms with Gasteiger partial charge in [-0.3, -0.25) is 0 Å². The summed E-state index contributed by atoms with van der Waals surface area (Å²) in [7, 11) is 0. The van der Waals surface area contributed by atoms with E-state index in [1.807, 2.05) is 6.07 Å². The predicted octanol–water partition coefficient (Wildman–Crippen LogP) is 2.00. The largest absolute Gasteiger partial charge is 0.444 e. The predicted molar refractivity (Wildman–Crippen MR) is 108 cm³/mol. The summed E-state index contributed by atoms with van der Waals surface area (Å²) in [6.45, 7) is 3.27. The summed E-state index contributed by atoms with van der Waals surface area (Å²) in [5.74, 6) is -0.445. The second kappa shape index (κ2) is 8.66. The Kier molecular flexibility index (Phi) is 5.90. The highest BCUT2D eigenvalue weighted by atomic mass is 19.4. The minimum Gasteiger partial charge on any atom is -0.444 e. The molecule has 0 aliphatic carbocycles. The lowest BCUT2D eigenvalue weighted by Crippen LogP contribution is -2.39. The number of halogens is 3. The Hall–Kier alpha value is -3.73. The fraction of sp³-hybridized carbons (Fsp3) is 0.474. The first-order valence-electron chi connectivity index (χ1n) is 9.97. The zero-order valence-corrected chi connectivity index (χ0v) is 17.4. The summed E-state index contributed by atoms with van der Waals surface area (Å²) < 4.78 is 51.7. The third-order valence-electron chi connectivity index (χ3n) is 5.26. The van der Waals surface area contributed by atoms with E-state index in [0.717, 1.165) is 11.1 Å². The van der Waals surface area contributed by atoms with E-state index < -0.39 is 41.6 Å². The topological polar surface area (TPSA) is 143 Å². The van der Waals surface area contributed by atoms with Crippen LogP contribution in [0.1, 0.15) is 19.0 Å². The lowest BCUT2D eigenvalue weighted by Gasteiger charge is -2.29. The second-order valence-corrected chi connectivity index (χ2v) is 7.39. The van der Waals surface area contributed by atoms with Crippen molar-refractivity contribution in [3.05, 3.63) is 18.0 Å². The summed E-state index contributed by atoms with van der Waals surface area (Å²) in [5.41, 5.74) is 3.54. The van der Waals surface area contributed by atoms with Crippen LogP contribution in [0.2, 0.25) is 0 Å². The maximum atomic E-state index is 13.7. The molecular formula is C19H19F3N8O3. The van der Waals surface area contributed by atoms with Gasteiger partial charge in [0, 0.05) is 30.9 Å². The number of hydrogen-bond donors (Lipinski definition) is 1. The molecule has 2 aromatic heterocycles. The molecule has 0 radical (unpaired) electrons. The lowest BCUT2D eigenvalue weighted by atomic mass is 10.1. The number of amides is 1. The van der Waals surface area contributed by atoms with Crippen LogP contribution in [0.15, 0.2) is 12.3 Å². The second-order valence-electron chi connectivity index (χ2n) is 7.39. The van der Waals surface area contributed by atoms with Gasteiger partial charge in [-0.1, -0.05) is 0 Å². The number of carbonyl (C=O) groups is 1. The monoisotopic (exact) mass is 464 g/mol. The van der Waals surface area contributed by atoms with Gasteiger partial charge >= 0.3 is 12.3 Å². The smallest absolute Gasteiger partial charge is 0.434 e. The normalized spacial score (nSPS) is 21.1. The Labute approximate surface area is 186 Å². The fourth-order valence-electron chi connectivity index (χ4n) is 3.64. The van der Waals surface area contributed by atoms with Gasteiger partial charge in [0.05, 0.1) is 37.4 Å². The highest BCUT2D eigenvalue weighted by molar-refractivity contribution is 5.89. The molecule has 2 N–H and O–H groups in total. The van der Waals surface area contributed by atoms with Gasteiger partial charge in [0.25, 0.3) is 0 Å². The summed E-state index contributed by atoms with van der Waals surface area (Å²) >= 11 is 0. The molecule has 2 aliphatic rings. The van der Waals surface area contributed by atoms with Crippen LogP contribution in [0, 0.1) is 11.3 Å². The Morgan fingerprint density at radius 1 is 1.27 bits per heavy atom. The van der Waals surface area contributed by atoms with E-state index >= 15 is 0 Å². The number of nitrogens with zero attached hydrogens (tertiary/aromatic N) is 7. The van der Waals surface area contributed by atoms with E-state index in [4.69, 9.17) is 15.2 Å². The van der Waals surface area contributed by atoms with Crippen molar-refractivity contribution in [2.45, 2.75) is 31.7 Å². The molecule has 4 heterocycles. The Morgan fingerprint density at radius 2 is 2.00 bits per heavy atom. The van der Waals surface area contributed by atoms with Crippen molar-refractivity contribution in [2.24, 2.45) is 0 Å². The molecule has 2 aromatic rings. The highest BCUT2D eigenvalue weighted by Gasteiger charge is 2.43.